The molecular formula is C12H26Mg. The first-order valence-electron chi connectivity index (χ1n) is 6.27. The van der Waals surface area contributed by atoms with Gasteiger partial charge in [-0.1, -0.05) is 59.3 Å². The molecule has 0 fully saturated rings. The van der Waals surface area contributed by atoms with E-state index in [1.165, 1.54) is 38.5 Å². The van der Waals surface area contributed by atoms with Gasteiger partial charge in [0.05, 0.1) is 0 Å². The standard InChI is InChI=1S/C8H17.C4H9.Mg/c1-4-5-6-7-8(2)3;1-3-4-2;/h8H,1,4-7H2,2-3H3;1,3-4H2,2H3;. The van der Waals surface area contributed by atoms with Gasteiger partial charge in [0.1, 0.15) is 0 Å². The monoisotopic (exact) mass is 194 g/mol. The molecule has 1 heteroatoms. The SMILES string of the molecule is CCC[CH2][Mg][CH2]CCCCC(C)C. The first kappa shape index (κ1) is 13.8. The molecule has 0 unspecified atom stereocenters. The Morgan fingerprint density at radius 2 is 1.62 bits per heavy atom. The van der Waals surface area contributed by atoms with Gasteiger partial charge in [-0.2, -0.15) is 0 Å². The molecule has 0 aliphatic rings. The highest BCUT2D eigenvalue weighted by atomic mass is 24.5. The molecule has 0 aliphatic carbocycles. The van der Waals surface area contributed by atoms with Crippen molar-refractivity contribution in [3.05, 3.63) is 0 Å². The van der Waals surface area contributed by atoms with Gasteiger partial charge in [0.25, 0.3) is 0 Å². The number of hydrogen-bond acceptors (Lipinski definition) is 0. The Hall–Kier alpha value is 0.766. The first-order chi connectivity index (χ1) is 6.27. The van der Waals surface area contributed by atoms with Gasteiger partial charge in [-0.3, -0.25) is 0 Å². The molecule has 0 saturated heterocycles. The van der Waals surface area contributed by atoms with Crippen molar-refractivity contribution in [2.45, 2.75) is 68.4 Å². The van der Waals surface area contributed by atoms with Crippen LogP contribution in [0.15, 0.2) is 0 Å². The Bertz CT molecular complexity index is 89.1. The molecule has 0 radical (unpaired) electrons. The summed E-state index contributed by atoms with van der Waals surface area (Å²) in [5, 5.41) is 0. The van der Waals surface area contributed by atoms with Crippen molar-refractivity contribution in [1.82, 2.24) is 0 Å². The van der Waals surface area contributed by atoms with E-state index in [2.05, 4.69) is 20.8 Å². The minimum absolute atomic E-state index is 0.353. The maximum Gasteiger partial charge on any atom is 0.364 e. The van der Waals surface area contributed by atoms with Crippen molar-refractivity contribution < 1.29 is 0 Å². The lowest BCUT2D eigenvalue weighted by molar-refractivity contribution is 0.534. The second-order valence-corrected chi connectivity index (χ2v) is 6.78. The molecule has 76 valence electrons. The maximum absolute atomic E-state index is 2.33. The minimum atomic E-state index is 0.353. The molecule has 0 aliphatic heterocycles. The molecule has 0 atom stereocenters. The van der Waals surface area contributed by atoms with Crippen LogP contribution in [0.5, 0.6) is 0 Å². The molecule has 0 spiro atoms. The molecule has 0 bridgehead atoms. The summed E-state index contributed by atoms with van der Waals surface area (Å²) in [7, 11) is 0. The zero-order valence-electron chi connectivity index (χ0n) is 9.94. The van der Waals surface area contributed by atoms with E-state index in [1.54, 1.807) is 9.10 Å². The van der Waals surface area contributed by atoms with Crippen molar-refractivity contribution >= 4 is 20.4 Å². The summed E-state index contributed by atoms with van der Waals surface area (Å²) in [6, 6.07) is 0. The summed E-state index contributed by atoms with van der Waals surface area (Å²) in [5.74, 6) is 0.914. The third kappa shape index (κ3) is 12.8. The highest BCUT2D eigenvalue weighted by Crippen LogP contribution is 2.10. The van der Waals surface area contributed by atoms with E-state index >= 15 is 0 Å². The van der Waals surface area contributed by atoms with Crippen LogP contribution < -0.4 is 0 Å². The Labute approximate surface area is 94.6 Å². The van der Waals surface area contributed by atoms with E-state index < -0.39 is 0 Å². The van der Waals surface area contributed by atoms with Crippen molar-refractivity contribution in [2.24, 2.45) is 5.92 Å². The quantitative estimate of drug-likeness (QED) is 0.373. The van der Waals surface area contributed by atoms with Gasteiger partial charge >= 0.3 is 20.4 Å². The average molecular weight is 195 g/mol. The third-order valence-corrected chi connectivity index (χ3v) is 4.64. The fourth-order valence-corrected chi connectivity index (χ4v) is 3.60. The highest BCUT2D eigenvalue weighted by molar-refractivity contribution is 6.35. The van der Waals surface area contributed by atoms with Crippen LogP contribution in [0.2, 0.25) is 9.10 Å². The van der Waals surface area contributed by atoms with E-state index in [0.717, 1.165) is 5.92 Å². The third-order valence-electron chi connectivity index (χ3n) is 2.64. The van der Waals surface area contributed by atoms with Crippen molar-refractivity contribution in [2.75, 3.05) is 0 Å². The van der Waals surface area contributed by atoms with Crippen LogP contribution >= 0.6 is 0 Å². The van der Waals surface area contributed by atoms with E-state index in [1.807, 2.05) is 0 Å². The summed E-state index contributed by atoms with van der Waals surface area (Å²) in [6.45, 7) is 6.96. The number of unbranched alkanes of at least 4 members (excludes halogenated alkanes) is 3. The van der Waals surface area contributed by atoms with E-state index in [4.69, 9.17) is 0 Å². The Balaban J connectivity index is 2.84. The van der Waals surface area contributed by atoms with E-state index in [0.29, 0.717) is 20.4 Å². The Morgan fingerprint density at radius 3 is 2.23 bits per heavy atom. The molecule has 0 aromatic heterocycles. The zero-order valence-corrected chi connectivity index (χ0v) is 11.4. The highest BCUT2D eigenvalue weighted by Gasteiger charge is 1.96. The summed E-state index contributed by atoms with van der Waals surface area (Å²) in [6.07, 6.45) is 8.84. The summed E-state index contributed by atoms with van der Waals surface area (Å²) >= 11 is 0.353. The molecule has 0 rings (SSSR count). The summed E-state index contributed by atoms with van der Waals surface area (Å²) in [4.78, 5) is 0. The lowest BCUT2D eigenvalue weighted by Crippen LogP contribution is -1.90. The largest absolute Gasteiger partial charge is 0.364 e. The average Bonchev–Trinajstić information content (AvgIpc) is 2.09. The zero-order chi connectivity index (χ0) is 9.94. The van der Waals surface area contributed by atoms with Crippen molar-refractivity contribution in [3.63, 3.8) is 0 Å². The lowest BCUT2D eigenvalue weighted by Gasteiger charge is -2.03. The summed E-state index contributed by atoms with van der Waals surface area (Å²) < 4.78 is 3.21. The molecule has 0 aromatic rings. The number of hydrogen-bond donors (Lipinski definition) is 0. The van der Waals surface area contributed by atoms with Crippen LogP contribution in [0.1, 0.15) is 59.3 Å². The van der Waals surface area contributed by atoms with Crippen LogP contribution in [-0.4, -0.2) is 20.4 Å². The molecule has 0 nitrogen and oxygen atoms in total. The normalized spacial score (nSPS) is 10.5. The predicted molar refractivity (Wildman–Crippen MR) is 63.6 cm³/mol. The second kappa shape index (κ2) is 10.8. The fraction of sp³-hybridized carbons (Fsp3) is 1.00. The lowest BCUT2D eigenvalue weighted by atomic mass is 10.1. The van der Waals surface area contributed by atoms with Gasteiger partial charge in [-0.15, -0.1) is 9.10 Å². The van der Waals surface area contributed by atoms with Gasteiger partial charge < -0.3 is 0 Å². The minimum Gasteiger partial charge on any atom is -0.146 e. The Kier molecular flexibility index (Phi) is 11.5. The smallest absolute Gasteiger partial charge is 0.146 e. The predicted octanol–water partition coefficient (Wildman–Crippen LogP) is 4.54. The van der Waals surface area contributed by atoms with Gasteiger partial charge in [0, 0.05) is 0 Å². The molecular weight excluding hydrogens is 168 g/mol. The van der Waals surface area contributed by atoms with Crippen LogP contribution in [0.4, 0.5) is 0 Å². The van der Waals surface area contributed by atoms with Gasteiger partial charge in [-0.05, 0) is 5.92 Å². The van der Waals surface area contributed by atoms with Crippen LogP contribution in [0.3, 0.4) is 0 Å². The van der Waals surface area contributed by atoms with Crippen LogP contribution in [0, 0.1) is 5.92 Å². The molecule has 0 heterocycles. The molecule has 0 saturated carbocycles. The molecule has 0 N–H and O–H groups in total. The van der Waals surface area contributed by atoms with Crippen molar-refractivity contribution in [3.8, 4) is 0 Å². The first-order valence-corrected chi connectivity index (χ1v) is 8.27. The fourth-order valence-electron chi connectivity index (χ4n) is 1.69. The second-order valence-electron chi connectivity index (χ2n) is 4.66. The van der Waals surface area contributed by atoms with E-state index in [-0.39, 0.29) is 0 Å². The maximum atomic E-state index is 2.33. The van der Waals surface area contributed by atoms with E-state index in [9.17, 15) is 0 Å². The molecule has 13 heavy (non-hydrogen) atoms. The Morgan fingerprint density at radius 1 is 0.923 bits per heavy atom. The van der Waals surface area contributed by atoms with Crippen molar-refractivity contribution in [1.29, 1.82) is 0 Å². The van der Waals surface area contributed by atoms with Gasteiger partial charge in [0.2, 0.25) is 0 Å². The van der Waals surface area contributed by atoms with Crippen LogP contribution in [0.25, 0.3) is 0 Å². The van der Waals surface area contributed by atoms with Crippen LogP contribution in [-0.2, 0) is 0 Å². The van der Waals surface area contributed by atoms with Gasteiger partial charge in [-0.25, -0.2) is 0 Å². The summed E-state index contributed by atoms with van der Waals surface area (Å²) in [5.41, 5.74) is 0. The molecule has 0 aromatic carbocycles. The topological polar surface area (TPSA) is 0 Å². The number of rotatable bonds is 9. The van der Waals surface area contributed by atoms with Gasteiger partial charge in [0.15, 0.2) is 0 Å². The molecule has 0 amide bonds.